The standard InChI is InChI=1S/C37H65NO12/c1-14-25-37(10)30(40)20(4)28(50-37)18(2)16-35(8,43)32(49-34-27(39)24(38(11)12)15-19(3)45-34)21(5)29(22(6)33(42)47-25)48-26-17-36(9,44-13)31(41)23(7)46-26/h18-29,31-32,34,39,41,43H,14-17H2,1-13H3/t18-,19-,20+,21+,22-,23+,24+,25-,26+,27-,28-,29+,31+,32+,34+,35-,36-,37-/m1/s1. The molecular formula is C37H65NO12. The topological polar surface area (TPSA) is 163 Å². The van der Waals surface area contributed by atoms with Gasteiger partial charge >= 0.3 is 5.97 Å². The number of hydrogen-bond donors (Lipinski definition) is 3. The van der Waals surface area contributed by atoms with Crippen molar-refractivity contribution in [3.05, 3.63) is 0 Å². The third-order valence-corrected chi connectivity index (χ3v) is 12.1. The maximum absolute atomic E-state index is 14.2. The van der Waals surface area contributed by atoms with Crippen LogP contribution in [0.3, 0.4) is 0 Å². The smallest absolute Gasteiger partial charge is 0.311 e. The number of fused-ring (bicyclic) bond motifs is 2. The maximum atomic E-state index is 14.2. The molecule has 50 heavy (non-hydrogen) atoms. The lowest BCUT2D eigenvalue weighted by Gasteiger charge is -2.48. The Hall–Kier alpha value is -1.26. The summed E-state index contributed by atoms with van der Waals surface area (Å²) in [6.45, 7) is 17.9. The lowest BCUT2D eigenvalue weighted by Crippen LogP contribution is -2.60. The second-order valence-electron chi connectivity index (χ2n) is 16.5. The lowest BCUT2D eigenvalue weighted by atomic mass is 9.75. The zero-order valence-electron chi connectivity index (χ0n) is 32.5. The van der Waals surface area contributed by atoms with E-state index in [9.17, 15) is 24.9 Å². The third kappa shape index (κ3) is 7.97. The molecule has 4 saturated heterocycles. The highest BCUT2D eigenvalue weighted by Gasteiger charge is 2.58. The Morgan fingerprint density at radius 3 is 2.16 bits per heavy atom. The molecule has 0 radical (unpaired) electrons. The summed E-state index contributed by atoms with van der Waals surface area (Å²) in [6.07, 6.45) is -7.07. The van der Waals surface area contributed by atoms with Gasteiger partial charge in [-0.2, -0.15) is 0 Å². The van der Waals surface area contributed by atoms with Crippen LogP contribution in [0.1, 0.15) is 94.9 Å². The van der Waals surface area contributed by atoms with Crippen LogP contribution in [-0.2, 0) is 42.7 Å². The molecule has 290 valence electrons. The number of aliphatic hydroxyl groups excluding tert-OH is 2. The summed E-state index contributed by atoms with van der Waals surface area (Å²) in [5.74, 6) is -3.25. The zero-order valence-corrected chi connectivity index (χ0v) is 32.5. The molecule has 4 heterocycles. The van der Waals surface area contributed by atoms with Gasteiger partial charge in [-0.05, 0) is 80.8 Å². The number of carbonyl (C=O) groups excluding carboxylic acids is 2. The second-order valence-corrected chi connectivity index (χ2v) is 16.5. The van der Waals surface area contributed by atoms with Gasteiger partial charge in [0, 0.05) is 31.4 Å². The number of ether oxygens (including phenoxy) is 7. The first-order valence-electron chi connectivity index (χ1n) is 18.5. The highest BCUT2D eigenvalue weighted by molar-refractivity contribution is 5.92. The Labute approximate surface area is 298 Å². The van der Waals surface area contributed by atoms with Crippen molar-refractivity contribution in [3.63, 3.8) is 0 Å². The molecule has 4 aliphatic heterocycles. The Morgan fingerprint density at radius 2 is 1.58 bits per heavy atom. The minimum absolute atomic E-state index is 0.156. The summed E-state index contributed by atoms with van der Waals surface area (Å²) in [5, 5.41) is 34.9. The van der Waals surface area contributed by atoms with E-state index in [4.69, 9.17) is 33.2 Å². The summed E-state index contributed by atoms with van der Waals surface area (Å²) >= 11 is 0. The number of carbonyl (C=O) groups is 2. The van der Waals surface area contributed by atoms with Crippen LogP contribution in [-0.4, -0.2) is 137 Å². The van der Waals surface area contributed by atoms with E-state index in [0.29, 0.717) is 12.8 Å². The van der Waals surface area contributed by atoms with Crippen molar-refractivity contribution in [3.8, 4) is 0 Å². The predicted molar refractivity (Wildman–Crippen MR) is 183 cm³/mol. The van der Waals surface area contributed by atoms with Crippen molar-refractivity contribution in [1.29, 1.82) is 0 Å². The molecule has 4 fully saturated rings. The van der Waals surface area contributed by atoms with Gasteiger partial charge < -0.3 is 53.4 Å². The van der Waals surface area contributed by atoms with E-state index in [1.165, 1.54) is 7.11 Å². The van der Waals surface area contributed by atoms with Crippen LogP contribution < -0.4 is 0 Å². The fraction of sp³-hybridized carbons (Fsp3) is 0.946. The van der Waals surface area contributed by atoms with Gasteiger partial charge in [0.2, 0.25) is 0 Å². The van der Waals surface area contributed by atoms with Crippen molar-refractivity contribution in [2.45, 2.75) is 179 Å². The van der Waals surface area contributed by atoms with E-state index in [0.717, 1.165) is 0 Å². The maximum Gasteiger partial charge on any atom is 0.311 e. The lowest BCUT2D eigenvalue weighted by molar-refractivity contribution is -0.318. The number of cyclic esters (lactones) is 1. The first-order chi connectivity index (χ1) is 23.1. The zero-order chi connectivity index (χ0) is 37.7. The number of esters is 1. The molecular weight excluding hydrogens is 650 g/mol. The fourth-order valence-corrected chi connectivity index (χ4v) is 9.01. The molecule has 0 aromatic carbocycles. The number of aliphatic hydroxyl groups is 3. The SMILES string of the molecule is CC[C@H]1OC(=O)[C@H](C)[C@@H](O[C@H]2C[C@@](C)(OC)[C@@H](O)[C@H](C)O2)[C@H](C)[C@H](O[C@@H]2O[C@H](C)C[C@H](N(C)C)[C@H]2O)[C@](C)(O)C[C@@H](C)[C@H]2O[C@@]1(C)C(=O)[C@H]2C. The minimum Gasteiger partial charge on any atom is -0.459 e. The molecule has 0 spiro atoms. The molecule has 2 bridgehead atoms. The highest BCUT2D eigenvalue weighted by Crippen LogP contribution is 2.45. The number of hydrogen-bond acceptors (Lipinski definition) is 13. The average Bonchev–Trinajstić information content (AvgIpc) is 3.28. The number of Topliss-reactive ketones (excluding diaryl/α,β-unsaturated/α-hetero) is 1. The third-order valence-electron chi connectivity index (χ3n) is 12.1. The molecule has 13 heteroatoms. The van der Waals surface area contributed by atoms with Crippen molar-refractivity contribution in [2.24, 2.45) is 23.7 Å². The molecule has 4 rings (SSSR count). The molecule has 4 aliphatic rings. The molecule has 0 aliphatic carbocycles. The van der Waals surface area contributed by atoms with Crippen molar-refractivity contribution >= 4 is 11.8 Å². The first-order valence-corrected chi connectivity index (χ1v) is 18.5. The number of likely N-dealkylation sites (N-methyl/N-ethyl adjacent to an activating group) is 1. The van der Waals surface area contributed by atoms with Crippen molar-refractivity contribution < 1.29 is 58.1 Å². The molecule has 3 N–H and O–H groups in total. The predicted octanol–water partition coefficient (Wildman–Crippen LogP) is 2.83. The number of nitrogens with zero attached hydrogens (tertiary/aromatic N) is 1. The normalized spacial score (nSPS) is 51.1. The molecule has 0 saturated carbocycles. The molecule has 0 unspecified atom stereocenters. The van der Waals surface area contributed by atoms with Crippen LogP contribution in [0.25, 0.3) is 0 Å². The summed E-state index contributed by atoms with van der Waals surface area (Å²) < 4.78 is 44.1. The van der Waals surface area contributed by atoms with Crippen LogP contribution in [0, 0.1) is 23.7 Å². The monoisotopic (exact) mass is 715 g/mol. The van der Waals surface area contributed by atoms with Gasteiger partial charge in [-0.3, -0.25) is 9.59 Å². The van der Waals surface area contributed by atoms with E-state index in [2.05, 4.69) is 0 Å². The van der Waals surface area contributed by atoms with E-state index in [1.54, 1.807) is 34.6 Å². The molecule has 18 atom stereocenters. The quantitative estimate of drug-likeness (QED) is 0.330. The molecule has 0 amide bonds. The average molecular weight is 716 g/mol. The van der Waals surface area contributed by atoms with E-state index in [-0.39, 0.29) is 36.7 Å². The number of rotatable bonds is 7. The second kappa shape index (κ2) is 15.6. The summed E-state index contributed by atoms with van der Waals surface area (Å²) in [4.78, 5) is 29.9. The van der Waals surface area contributed by atoms with Gasteiger partial charge in [0.05, 0.1) is 47.6 Å². The van der Waals surface area contributed by atoms with Crippen LogP contribution in [0.5, 0.6) is 0 Å². The van der Waals surface area contributed by atoms with E-state index in [1.807, 2.05) is 53.6 Å². The van der Waals surface area contributed by atoms with E-state index < -0.39 is 95.8 Å². The van der Waals surface area contributed by atoms with Crippen molar-refractivity contribution in [2.75, 3.05) is 21.2 Å². The van der Waals surface area contributed by atoms with E-state index >= 15 is 0 Å². The fourth-order valence-electron chi connectivity index (χ4n) is 9.01. The van der Waals surface area contributed by atoms with Gasteiger partial charge in [0.15, 0.2) is 24.0 Å². The van der Waals surface area contributed by atoms with Crippen molar-refractivity contribution in [1.82, 2.24) is 4.90 Å². The molecule has 13 nitrogen and oxygen atoms in total. The Balaban J connectivity index is 1.82. The Bertz CT molecular complexity index is 1190. The van der Waals surface area contributed by atoms with Gasteiger partial charge in [-0.15, -0.1) is 0 Å². The molecule has 0 aromatic rings. The minimum atomic E-state index is -1.59. The number of ketones is 1. The first kappa shape index (κ1) is 41.5. The highest BCUT2D eigenvalue weighted by atomic mass is 16.7. The Kier molecular flexibility index (Phi) is 13.0. The van der Waals surface area contributed by atoms with Gasteiger partial charge in [0.1, 0.15) is 18.3 Å². The number of methoxy groups -OCH3 is 1. The largest absolute Gasteiger partial charge is 0.459 e. The van der Waals surface area contributed by atoms with Crippen LogP contribution in [0.4, 0.5) is 0 Å². The Morgan fingerprint density at radius 1 is 0.940 bits per heavy atom. The van der Waals surface area contributed by atoms with Crippen LogP contribution in [0.15, 0.2) is 0 Å². The van der Waals surface area contributed by atoms with Crippen LogP contribution >= 0.6 is 0 Å². The van der Waals surface area contributed by atoms with Gasteiger partial charge in [-0.1, -0.05) is 27.7 Å². The van der Waals surface area contributed by atoms with Crippen LogP contribution in [0.2, 0.25) is 0 Å². The van der Waals surface area contributed by atoms with Gasteiger partial charge in [-0.25, -0.2) is 0 Å². The summed E-state index contributed by atoms with van der Waals surface area (Å²) in [5.41, 5.74) is -3.97. The molecule has 0 aromatic heterocycles. The van der Waals surface area contributed by atoms with Gasteiger partial charge in [0.25, 0.3) is 0 Å². The summed E-state index contributed by atoms with van der Waals surface area (Å²) in [7, 11) is 5.29. The summed E-state index contributed by atoms with van der Waals surface area (Å²) in [6, 6.07) is -0.267.